The van der Waals surface area contributed by atoms with Crippen LogP contribution in [0.15, 0.2) is 12.2 Å². The lowest BCUT2D eigenvalue weighted by atomic mass is 10.5. The molecule has 0 fully saturated rings. The van der Waals surface area contributed by atoms with Gasteiger partial charge in [-0.2, -0.15) is 0 Å². The highest BCUT2D eigenvalue weighted by atomic mass is 31.2. The Morgan fingerprint density at radius 2 is 1.76 bits per heavy atom. The number of carbonyl (C=O) groups is 2. The number of hydrogen-bond acceptors (Lipinski definition) is 8. The maximum atomic E-state index is 11.5. The molecule has 0 heterocycles. The van der Waals surface area contributed by atoms with Gasteiger partial charge in [0.1, 0.15) is 0 Å². The normalized spacial score (nSPS) is 14.3. The largest absolute Gasteiger partial charge is 0.559 e. The summed E-state index contributed by atoms with van der Waals surface area (Å²) < 4.78 is 28.7. The van der Waals surface area contributed by atoms with E-state index in [1.54, 1.807) is 6.92 Å². The van der Waals surface area contributed by atoms with Crippen LogP contribution in [0, 0.1) is 0 Å². The highest BCUT2D eigenvalue weighted by Gasteiger charge is 2.30. The molecule has 0 spiro atoms. The number of rotatable bonds is 7. The first-order valence-electron chi connectivity index (χ1n) is 4.44. The molecule has 0 aliphatic heterocycles. The molecular weight excluding hydrogens is 255 g/mol. The van der Waals surface area contributed by atoms with Crippen LogP contribution in [0.1, 0.15) is 6.92 Å². The minimum absolute atomic E-state index is 0.0862. The summed E-state index contributed by atoms with van der Waals surface area (Å²) in [5.74, 6) is -1.86. The minimum atomic E-state index is -4.12. The molecule has 0 aromatic rings. The fraction of sp³-hybridized carbons (Fsp3) is 0.500. The number of hydrogen-bond donors (Lipinski definition) is 0. The third-order valence-electron chi connectivity index (χ3n) is 1.24. The quantitative estimate of drug-likeness (QED) is 0.221. The average Bonchev–Trinajstić information content (AvgIpc) is 2.33. The molecule has 0 aromatic heterocycles. The van der Waals surface area contributed by atoms with E-state index in [-0.39, 0.29) is 6.61 Å². The zero-order chi connectivity index (χ0) is 13.3. The lowest BCUT2D eigenvalue weighted by molar-refractivity contribution is -0.221. The molecule has 0 aliphatic rings. The Labute approximate surface area is 98.0 Å². The van der Waals surface area contributed by atoms with E-state index in [4.69, 9.17) is 0 Å². The van der Waals surface area contributed by atoms with Crippen LogP contribution in [0.3, 0.4) is 0 Å². The van der Waals surface area contributed by atoms with Gasteiger partial charge in [0.15, 0.2) is 0 Å². The zero-order valence-corrected chi connectivity index (χ0v) is 10.5. The van der Waals surface area contributed by atoms with Crippen molar-refractivity contribution in [2.45, 2.75) is 6.92 Å². The van der Waals surface area contributed by atoms with Crippen molar-refractivity contribution in [1.29, 1.82) is 0 Å². The molecule has 0 amide bonds. The van der Waals surface area contributed by atoms with Gasteiger partial charge in [-0.25, -0.2) is 19.0 Å². The molecule has 0 N–H and O–H groups in total. The topological polar surface area (TPSA) is 97.4 Å². The minimum Gasteiger partial charge on any atom is -0.466 e. The van der Waals surface area contributed by atoms with E-state index in [0.717, 1.165) is 20.3 Å². The van der Waals surface area contributed by atoms with Gasteiger partial charge in [0.2, 0.25) is 0 Å². The molecule has 0 saturated carbocycles. The van der Waals surface area contributed by atoms with Gasteiger partial charge in [-0.05, 0) is 6.92 Å². The van der Waals surface area contributed by atoms with Crippen molar-refractivity contribution in [3.05, 3.63) is 12.2 Å². The Morgan fingerprint density at radius 1 is 1.18 bits per heavy atom. The molecule has 0 aliphatic carbocycles. The molecule has 0 aromatic carbocycles. The molecule has 1 atom stereocenters. The summed E-state index contributed by atoms with van der Waals surface area (Å²) in [7, 11) is -1.97. The second-order valence-electron chi connectivity index (χ2n) is 2.38. The Hall–Kier alpha value is -1.21. The first-order chi connectivity index (χ1) is 7.97. The van der Waals surface area contributed by atoms with Gasteiger partial charge in [0.25, 0.3) is 0 Å². The summed E-state index contributed by atoms with van der Waals surface area (Å²) in [5.41, 5.74) is 0. The monoisotopic (exact) mass is 268 g/mol. The van der Waals surface area contributed by atoms with Crippen LogP contribution >= 0.6 is 7.82 Å². The van der Waals surface area contributed by atoms with Crippen molar-refractivity contribution < 1.29 is 37.5 Å². The first-order valence-corrected chi connectivity index (χ1v) is 5.90. The lowest BCUT2D eigenvalue weighted by Crippen LogP contribution is -2.05. The van der Waals surface area contributed by atoms with Crippen molar-refractivity contribution in [2.24, 2.45) is 0 Å². The molecule has 8 nitrogen and oxygen atoms in total. The molecule has 0 bridgehead atoms. The van der Waals surface area contributed by atoms with Crippen molar-refractivity contribution in [2.75, 3.05) is 20.8 Å². The number of phosphoric acid groups is 1. The summed E-state index contributed by atoms with van der Waals surface area (Å²) in [6.45, 7) is 1.65. The van der Waals surface area contributed by atoms with Crippen LogP contribution in [-0.2, 0) is 37.5 Å². The standard InChI is InChI=1S/C8H13O8P/c1-4-14-16-17(11,13-3)15-8(10)6-5-7(9)12-2/h5-6H,4H2,1-3H3/b6-5-. The van der Waals surface area contributed by atoms with Crippen molar-refractivity contribution in [3.8, 4) is 0 Å². The molecule has 0 saturated heterocycles. The van der Waals surface area contributed by atoms with Gasteiger partial charge in [-0.1, -0.05) is 0 Å². The van der Waals surface area contributed by atoms with Crippen LogP contribution in [0.4, 0.5) is 0 Å². The Kier molecular flexibility index (Phi) is 7.40. The number of ether oxygens (including phenoxy) is 1. The van der Waals surface area contributed by atoms with Crippen molar-refractivity contribution in [3.63, 3.8) is 0 Å². The number of carbonyl (C=O) groups excluding carboxylic acids is 2. The van der Waals surface area contributed by atoms with Crippen LogP contribution in [-0.4, -0.2) is 32.8 Å². The van der Waals surface area contributed by atoms with Crippen LogP contribution < -0.4 is 0 Å². The first kappa shape index (κ1) is 15.8. The second-order valence-corrected chi connectivity index (χ2v) is 3.97. The van der Waals surface area contributed by atoms with Crippen LogP contribution in [0.5, 0.6) is 0 Å². The van der Waals surface area contributed by atoms with E-state index in [0.29, 0.717) is 6.08 Å². The molecule has 98 valence electrons. The molecule has 0 radical (unpaired) electrons. The fourth-order valence-electron chi connectivity index (χ4n) is 0.545. The highest BCUT2D eigenvalue weighted by molar-refractivity contribution is 7.48. The summed E-state index contributed by atoms with van der Waals surface area (Å²) >= 11 is 0. The summed E-state index contributed by atoms with van der Waals surface area (Å²) in [6.07, 6.45) is 1.51. The third-order valence-corrected chi connectivity index (χ3v) is 2.38. The van der Waals surface area contributed by atoms with Gasteiger partial charge in [0, 0.05) is 19.3 Å². The van der Waals surface area contributed by atoms with Gasteiger partial charge in [-0.3, -0.25) is 4.52 Å². The molecule has 1 unspecified atom stereocenters. The molecule has 17 heavy (non-hydrogen) atoms. The van der Waals surface area contributed by atoms with Gasteiger partial charge < -0.3 is 9.26 Å². The predicted molar refractivity (Wildman–Crippen MR) is 54.6 cm³/mol. The van der Waals surface area contributed by atoms with Crippen molar-refractivity contribution in [1.82, 2.24) is 0 Å². The summed E-state index contributed by atoms with van der Waals surface area (Å²) in [6, 6.07) is 0. The highest BCUT2D eigenvalue weighted by Crippen LogP contribution is 2.48. The SMILES string of the molecule is CCOOP(=O)(OC)OC(=O)/C=C\C(=O)OC. The van der Waals surface area contributed by atoms with E-state index in [2.05, 4.69) is 23.3 Å². The van der Waals surface area contributed by atoms with Crippen molar-refractivity contribution >= 4 is 19.8 Å². The van der Waals surface area contributed by atoms with E-state index >= 15 is 0 Å². The number of esters is 1. The summed E-state index contributed by atoms with van der Waals surface area (Å²) in [5, 5.41) is 0. The van der Waals surface area contributed by atoms with E-state index in [9.17, 15) is 14.2 Å². The van der Waals surface area contributed by atoms with Gasteiger partial charge in [-0.15, -0.1) is 4.67 Å². The second kappa shape index (κ2) is 7.97. The zero-order valence-electron chi connectivity index (χ0n) is 9.58. The Morgan fingerprint density at radius 3 is 2.24 bits per heavy atom. The van der Waals surface area contributed by atoms with Crippen LogP contribution in [0.2, 0.25) is 0 Å². The number of methoxy groups -OCH3 is 1. The number of phosphoric ester groups is 1. The smallest absolute Gasteiger partial charge is 0.466 e. The maximum Gasteiger partial charge on any atom is 0.559 e. The predicted octanol–water partition coefficient (Wildman–Crippen LogP) is 0.981. The maximum absolute atomic E-state index is 11.5. The fourth-order valence-corrected chi connectivity index (χ4v) is 1.23. The van der Waals surface area contributed by atoms with E-state index in [1.165, 1.54) is 0 Å². The average molecular weight is 268 g/mol. The molecular formula is C8H13O8P. The summed E-state index contributed by atoms with van der Waals surface area (Å²) in [4.78, 5) is 26.1. The van der Waals surface area contributed by atoms with Gasteiger partial charge >= 0.3 is 19.8 Å². The lowest BCUT2D eigenvalue weighted by Gasteiger charge is -2.12. The molecule has 0 rings (SSSR count). The van der Waals surface area contributed by atoms with Crippen LogP contribution in [0.25, 0.3) is 0 Å². The Bertz CT molecular complexity index is 336. The van der Waals surface area contributed by atoms with E-state index in [1.807, 2.05) is 0 Å². The van der Waals surface area contributed by atoms with E-state index < -0.39 is 19.8 Å². The third kappa shape index (κ3) is 6.85. The molecule has 9 heteroatoms. The van der Waals surface area contributed by atoms with Gasteiger partial charge in [0.05, 0.1) is 13.7 Å². The Balaban J connectivity index is 4.37.